The molecule has 1 aromatic carbocycles. The standard InChI is InChI=1S/C18H18ClN3O3/c19-13-5-3-11(4-6-13)14-8-15(21-20-14)16(23)22-9-12-2-1-7-18(12,10-22)17(24)25/h3-6,8,12H,1-2,7,9-10H2,(H,20,21)(H,24,25)/t12-,18+/m0/s1. The Labute approximate surface area is 149 Å². The molecule has 130 valence electrons. The number of carbonyl (C=O) groups excluding carboxylic acids is 1. The smallest absolute Gasteiger partial charge is 0.311 e. The molecule has 6 nitrogen and oxygen atoms in total. The summed E-state index contributed by atoms with van der Waals surface area (Å²) in [5.74, 6) is -0.924. The number of nitrogens with one attached hydrogen (secondary N) is 1. The van der Waals surface area contributed by atoms with Crippen LogP contribution in [-0.2, 0) is 4.79 Å². The number of likely N-dealkylation sites (tertiary alicyclic amines) is 1. The number of carboxylic acid groups (broad SMARTS) is 1. The number of hydrogen-bond acceptors (Lipinski definition) is 3. The van der Waals surface area contributed by atoms with E-state index in [1.807, 2.05) is 12.1 Å². The number of aliphatic carboxylic acids is 1. The van der Waals surface area contributed by atoms with Gasteiger partial charge in [0.1, 0.15) is 5.69 Å². The van der Waals surface area contributed by atoms with E-state index < -0.39 is 11.4 Å². The number of rotatable bonds is 3. The molecule has 0 radical (unpaired) electrons. The molecule has 25 heavy (non-hydrogen) atoms. The molecule has 1 saturated carbocycles. The molecular formula is C18H18ClN3O3. The quantitative estimate of drug-likeness (QED) is 0.881. The lowest BCUT2D eigenvalue weighted by Crippen LogP contribution is -2.37. The number of hydrogen-bond donors (Lipinski definition) is 2. The normalized spacial score (nSPS) is 25.2. The van der Waals surface area contributed by atoms with Crippen molar-refractivity contribution in [1.82, 2.24) is 15.1 Å². The van der Waals surface area contributed by atoms with E-state index >= 15 is 0 Å². The van der Waals surface area contributed by atoms with Crippen LogP contribution in [0.25, 0.3) is 11.3 Å². The van der Waals surface area contributed by atoms with Crippen LogP contribution in [0.3, 0.4) is 0 Å². The summed E-state index contributed by atoms with van der Waals surface area (Å²) in [5.41, 5.74) is 1.13. The number of carbonyl (C=O) groups is 2. The van der Waals surface area contributed by atoms with Crippen LogP contribution in [0.15, 0.2) is 30.3 Å². The van der Waals surface area contributed by atoms with Crippen LogP contribution >= 0.6 is 11.6 Å². The van der Waals surface area contributed by atoms with E-state index in [0.717, 1.165) is 18.4 Å². The predicted molar refractivity (Wildman–Crippen MR) is 92.3 cm³/mol. The molecule has 0 spiro atoms. The van der Waals surface area contributed by atoms with Gasteiger partial charge in [0, 0.05) is 23.7 Å². The van der Waals surface area contributed by atoms with Crippen molar-refractivity contribution in [2.45, 2.75) is 19.3 Å². The first-order valence-electron chi connectivity index (χ1n) is 8.34. The van der Waals surface area contributed by atoms with Gasteiger partial charge in [-0.3, -0.25) is 14.7 Å². The maximum Gasteiger partial charge on any atom is 0.311 e. The fourth-order valence-electron chi connectivity index (χ4n) is 4.16. The van der Waals surface area contributed by atoms with Crippen LogP contribution in [0.1, 0.15) is 29.8 Å². The minimum Gasteiger partial charge on any atom is -0.481 e. The molecular weight excluding hydrogens is 342 g/mol. The minimum atomic E-state index is -0.781. The summed E-state index contributed by atoms with van der Waals surface area (Å²) in [6.07, 6.45) is 2.44. The molecule has 2 N–H and O–H groups in total. The Balaban J connectivity index is 1.55. The lowest BCUT2D eigenvalue weighted by atomic mass is 9.81. The van der Waals surface area contributed by atoms with Crippen LogP contribution < -0.4 is 0 Å². The number of halogens is 1. The van der Waals surface area contributed by atoms with Gasteiger partial charge in [0.25, 0.3) is 5.91 Å². The van der Waals surface area contributed by atoms with E-state index in [1.165, 1.54) is 0 Å². The second-order valence-corrected chi connectivity index (χ2v) is 7.35. The van der Waals surface area contributed by atoms with Crippen LogP contribution in [-0.4, -0.2) is 45.2 Å². The summed E-state index contributed by atoms with van der Waals surface area (Å²) >= 11 is 5.89. The maximum atomic E-state index is 12.8. The maximum absolute atomic E-state index is 12.8. The Morgan fingerprint density at radius 3 is 2.76 bits per heavy atom. The zero-order valence-electron chi connectivity index (χ0n) is 13.5. The van der Waals surface area contributed by atoms with Gasteiger partial charge in [-0.2, -0.15) is 5.10 Å². The highest BCUT2D eigenvalue weighted by Crippen LogP contribution is 2.49. The largest absolute Gasteiger partial charge is 0.481 e. The zero-order chi connectivity index (χ0) is 17.6. The van der Waals surface area contributed by atoms with Gasteiger partial charge in [-0.05, 0) is 37.0 Å². The second kappa shape index (κ2) is 5.88. The number of amides is 1. The van der Waals surface area contributed by atoms with Crippen molar-refractivity contribution in [1.29, 1.82) is 0 Å². The van der Waals surface area contributed by atoms with E-state index in [0.29, 0.717) is 29.4 Å². The summed E-state index contributed by atoms with van der Waals surface area (Å²) in [7, 11) is 0. The van der Waals surface area contributed by atoms with E-state index in [-0.39, 0.29) is 18.4 Å². The van der Waals surface area contributed by atoms with Crippen molar-refractivity contribution in [3.05, 3.63) is 41.0 Å². The lowest BCUT2D eigenvalue weighted by Gasteiger charge is -2.23. The highest BCUT2D eigenvalue weighted by Gasteiger charge is 2.55. The third-order valence-corrected chi connectivity index (χ3v) is 5.78. The van der Waals surface area contributed by atoms with Crippen LogP contribution in [0.5, 0.6) is 0 Å². The molecule has 2 aromatic rings. The molecule has 1 saturated heterocycles. The summed E-state index contributed by atoms with van der Waals surface area (Å²) in [6, 6.07) is 8.92. The summed E-state index contributed by atoms with van der Waals surface area (Å²) < 4.78 is 0. The van der Waals surface area contributed by atoms with E-state index in [4.69, 9.17) is 11.6 Å². The molecule has 1 aromatic heterocycles. The van der Waals surface area contributed by atoms with Crippen molar-refractivity contribution in [2.24, 2.45) is 11.3 Å². The molecule has 1 amide bonds. The molecule has 0 bridgehead atoms. The van der Waals surface area contributed by atoms with Gasteiger partial charge in [0.2, 0.25) is 0 Å². The zero-order valence-corrected chi connectivity index (χ0v) is 14.3. The lowest BCUT2D eigenvalue weighted by molar-refractivity contribution is -0.149. The van der Waals surface area contributed by atoms with Crippen LogP contribution in [0.2, 0.25) is 5.02 Å². The van der Waals surface area contributed by atoms with Crippen molar-refractivity contribution in [2.75, 3.05) is 13.1 Å². The summed E-state index contributed by atoms with van der Waals surface area (Å²) in [5, 5.41) is 17.3. The number of carboxylic acids is 1. The van der Waals surface area contributed by atoms with Gasteiger partial charge in [-0.15, -0.1) is 0 Å². The highest BCUT2D eigenvalue weighted by atomic mass is 35.5. The molecule has 1 aliphatic carbocycles. The molecule has 2 atom stereocenters. The molecule has 2 fully saturated rings. The molecule has 7 heteroatoms. The van der Waals surface area contributed by atoms with Gasteiger partial charge < -0.3 is 10.0 Å². The Hall–Kier alpha value is -2.34. The van der Waals surface area contributed by atoms with Crippen molar-refractivity contribution >= 4 is 23.5 Å². The first kappa shape index (κ1) is 16.1. The number of fused-ring (bicyclic) bond motifs is 1. The fraction of sp³-hybridized carbons (Fsp3) is 0.389. The number of nitrogens with zero attached hydrogens (tertiary/aromatic N) is 2. The van der Waals surface area contributed by atoms with Gasteiger partial charge in [0.15, 0.2) is 0 Å². The third kappa shape index (κ3) is 2.61. The molecule has 1 aliphatic heterocycles. The molecule has 0 unspecified atom stereocenters. The third-order valence-electron chi connectivity index (χ3n) is 5.53. The fourth-order valence-corrected chi connectivity index (χ4v) is 4.29. The minimum absolute atomic E-state index is 0.0487. The Bertz CT molecular complexity index is 832. The van der Waals surface area contributed by atoms with Crippen LogP contribution in [0.4, 0.5) is 0 Å². The number of aromatic amines is 1. The average molecular weight is 360 g/mol. The van der Waals surface area contributed by atoms with E-state index in [9.17, 15) is 14.7 Å². The van der Waals surface area contributed by atoms with Gasteiger partial charge >= 0.3 is 5.97 Å². The average Bonchev–Trinajstić information content (AvgIpc) is 3.29. The Morgan fingerprint density at radius 1 is 1.32 bits per heavy atom. The van der Waals surface area contributed by atoms with E-state index in [2.05, 4.69) is 10.2 Å². The number of benzene rings is 1. The summed E-state index contributed by atoms with van der Waals surface area (Å²) in [6.45, 7) is 0.779. The van der Waals surface area contributed by atoms with Gasteiger partial charge in [0.05, 0.1) is 11.1 Å². The Morgan fingerprint density at radius 2 is 2.08 bits per heavy atom. The highest BCUT2D eigenvalue weighted by molar-refractivity contribution is 6.30. The monoisotopic (exact) mass is 359 g/mol. The van der Waals surface area contributed by atoms with Crippen molar-refractivity contribution < 1.29 is 14.7 Å². The Kier molecular flexibility index (Phi) is 3.80. The predicted octanol–water partition coefficient (Wildman–Crippen LogP) is 3.06. The first-order chi connectivity index (χ1) is 12.0. The first-order valence-corrected chi connectivity index (χ1v) is 8.71. The molecule has 2 heterocycles. The number of H-pyrrole nitrogens is 1. The number of aromatic nitrogens is 2. The summed E-state index contributed by atoms with van der Waals surface area (Å²) in [4.78, 5) is 26.2. The van der Waals surface area contributed by atoms with Crippen molar-refractivity contribution in [3.8, 4) is 11.3 Å². The topological polar surface area (TPSA) is 86.3 Å². The van der Waals surface area contributed by atoms with Crippen molar-refractivity contribution in [3.63, 3.8) is 0 Å². The SMILES string of the molecule is O=C(c1cc(-c2ccc(Cl)cc2)n[nH]1)N1C[C@@H]2CCC[C@@]2(C(=O)O)C1. The van der Waals surface area contributed by atoms with Gasteiger partial charge in [-0.1, -0.05) is 30.2 Å². The van der Waals surface area contributed by atoms with Crippen LogP contribution in [0, 0.1) is 11.3 Å². The van der Waals surface area contributed by atoms with E-state index in [1.54, 1.807) is 23.1 Å². The molecule has 2 aliphatic rings. The molecule has 4 rings (SSSR count). The second-order valence-electron chi connectivity index (χ2n) is 6.91. The van der Waals surface area contributed by atoms with Gasteiger partial charge in [-0.25, -0.2) is 0 Å².